The third-order valence-corrected chi connectivity index (χ3v) is 9.25. The molecule has 3 aromatic carbocycles. The lowest BCUT2D eigenvalue weighted by molar-refractivity contribution is -0.120. The van der Waals surface area contributed by atoms with Gasteiger partial charge in [-0.25, -0.2) is 22.5 Å². The smallest absolute Gasteiger partial charge is 0.241 e. The van der Waals surface area contributed by atoms with Crippen LogP contribution in [0.1, 0.15) is 47.3 Å². The zero-order valence-electron chi connectivity index (χ0n) is 21.5. The summed E-state index contributed by atoms with van der Waals surface area (Å²) < 4.78 is 44.1. The Kier molecular flexibility index (Phi) is 6.56. The molecule has 1 aromatic heterocycles. The fraction of sp³-hybridized carbons (Fsp3) is 0.267. The van der Waals surface area contributed by atoms with Crippen LogP contribution in [-0.2, 0) is 34.8 Å². The van der Waals surface area contributed by atoms with Crippen LogP contribution < -0.4 is 9.62 Å². The minimum absolute atomic E-state index is 0.0146. The summed E-state index contributed by atoms with van der Waals surface area (Å²) in [6.45, 7) is 0.311. The Bertz CT molecular complexity index is 1620. The van der Waals surface area contributed by atoms with E-state index < -0.39 is 21.9 Å². The molecule has 6 rings (SSSR count). The molecule has 39 heavy (non-hydrogen) atoms. The van der Waals surface area contributed by atoms with E-state index >= 15 is 0 Å². The number of imidazole rings is 1. The highest BCUT2D eigenvalue weighted by atomic mass is 32.2. The summed E-state index contributed by atoms with van der Waals surface area (Å²) in [6, 6.07) is 20.3. The number of carbonyl (C=O) groups excluding carboxylic acids is 1. The Morgan fingerprint density at radius 3 is 2.59 bits per heavy atom. The van der Waals surface area contributed by atoms with Crippen LogP contribution in [0.15, 0.2) is 90.1 Å². The van der Waals surface area contributed by atoms with Crippen molar-refractivity contribution in [2.45, 2.75) is 42.7 Å². The molecule has 1 fully saturated rings. The summed E-state index contributed by atoms with van der Waals surface area (Å²) in [7, 11) is -1.95. The zero-order valence-corrected chi connectivity index (χ0v) is 22.3. The van der Waals surface area contributed by atoms with E-state index in [0.717, 1.165) is 47.5 Å². The number of amides is 1. The van der Waals surface area contributed by atoms with Gasteiger partial charge in [0.25, 0.3) is 0 Å². The van der Waals surface area contributed by atoms with E-state index in [2.05, 4.69) is 21.8 Å². The summed E-state index contributed by atoms with van der Waals surface area (Å²) in [6.07, 6.45) is 5.68. The highest BCUT2D eigenvalue weighted by Crippen LogP contribution is 2.49. The fourth-order valence-corrected chi connectivity index (χ4v) is 6.72. The molecule has 0 aliphatic heterocycles. The van der Waals surface area contributed by atoms with Gasteiger partial charge in [-0.2, -0.15) is 0 Å². The monoisotopic (exact) mass is 544 g/mol. The second-order valence-corrected chi connectivity index (χ2v) is 12.0. The molecule has 1 amide bonds. The number of hydrogen-bond donors (Lipinski definition) is 1. The summed E-state index contributed by atoms with van der Waals surface area (Å²) in [5.74, 6) is 0.371. The molecule has 9 heteroatoms. The minimum Gasteiger partial charge on any atom is -0.337 e. The number of sulfonamides is 1. The molecule has 1 saturated carbocycles. The van der Waals surface area contributed by atoms with Gasteiger partial charge in [0.2, 0.25) is 15.9 Å². The first kappa shape index (κ1) is 25.5. The van der Waals surface area contributed by atoms with Crippen LogP contribution in [0.25, 0.3) is 0 Å². The Morgan fingerprint density at radius 1 is 1.10 bits per heavy atom. The number of nitrogens with zero attached hydrogens (tertiary/aromatic N) is 3. The summed E-state index contributed by atoms with van der Waals surface area (Å²) in [5, 5.41) is 0. The van der Waals surface area contributed by atoms with Crippen molar-refractivity contribution in [1.82, 2.24) is 14.3 Å². The molecule has 1 heterocycles. The number of rotatable bonds is 8. The second-order valence-electron chi connectivity index (χ2n) is 10.3. The molecule has 2 aliphatic carbocycles. The molecule has 0 unspecified atom stereocenters. The maximum atomic E-state index is 13.9. The Morgan fingerprint density at radius 2 is 1.87 bits per heavy atom. The summed E-state index contributed by atoms with van der Waals surface area (Å²) in [5.41, 5.74) is 3.78. The summed E-state index contributed by atoms with van der Waals surface area (Å²) in [4.78, 5) is 20.1. The van der Waals surface area contributed by atoms with Crippen molar-refractivity contribution in [3.8, 4) is 0 Å². The SMILES string of the molecule is Cn1ccnc1CN(C(=O)[C@@H]1C[C@@H]1c1ccccc1)c1ccc2c(c1)[C@H](NS(=O)(=O)c1ccc(F)cc1)CC2. The van der Waals surface area contributed by atoms with E-state index in [1.807, 2.05) is 54.2 Å². The maximum absolute atomic E-state index is 13.9. The van der Waals surface area contributed by atoms with E-state index in [-0.39, 0.29) is 22.6 Å². The van der Waals surface area contributed by atoms with Crippen LogP contribution in [0.4, 0.5) is 10.1 Å². The Balaban J connectivity index is 1.29. The first-order chi connectivity index (χ1) is 18.8. The highest BCUT2D eigenvalue weighted by molar-refractivity contribution is 7.89. The number of anilines is 1. The van der Waals surface area contributed by atoms with Gasteiger partial charge in [0.1, 0.15) is 11.6 Å². The van der Waals surface area contributed by atoms with Crippen LogP contribution in [0.5, 0.6) is 0 Å². The van der Waals surface area contributed by atoms with Crippen LogP contribution in [0.2, 0.25) is 0 Å². The topological polar surface area (TPSA) is 84.3 Å². The molecular formula is C30H29FN4O3S. The average molecular weight is 545 g/mol. The lowest BCUT2D eigenvalue weighted by Gasteiger charge is -2.25. The number of halogens is 1. The second kappa shape index (κ2) is 10.1. The third kappa shape index (κ3) is 5.12. The molecular weight excluding hydrogens is 515 g/mol. The first-order valence-corrected chi connectivity index (χ1v) is 14.5. The van der Waals surface area contributed by atoms with E-state index in [1.54, 1.807) is 11.1 Å². The van der Waals surface area contributed by atoms with Gasteiger partial charge < -0.3 is 9.47 Å². The van der Waals surface area contributed by atoms with Crippen LogP contribution >= 0.6 is 0 Å². The van der Waals surface area contributed by atoms with Gasteiger partial charge in [-0.05, 0) is 78.3 Å². The van der Waals surface area contributed by atoms with Crippen molar-refractivity contribution < 1.29 is 17.6 Å². The number of hydrogen-bond acceptors (Lipinski definition) is 4. The normalized spacial score (nSPS) is 20.0. The van der Waals surface area contributed by atoms with Gasteiger partial charge in [-0.1, -0.05) is 36.4 Å². The average Bonchev–Trinajstić information content (AvgIpc) is 3.50. The third-order valence-electron chi connectivity index (χ3n) is 7.76. The quantitative estimate of drug-likeness (QED) is 0.343. The van der Waals surface area contributed by atoms with Crippen LogP contribution in [-0.4, -0.2) is 23.9 Å². The van der Waals surface area contributed by atoms with Crippen molar-refractivity contribution in [1.29, 1.82) is 0 Å². The first-order valence-electron chi connectivity index (χ1n) is 13.0. The van der Waals surface area contributed by atoms with Gasteiger partial charge in [0.05, 0.1) is 11.4 Å². The molecule has 0 bridgehead atoms. The lowest BCUT2D eigenvalue weighted by Crippen LogP contribution is -2.33. The lowest BCUT2D eigenvalue weighted by atomic mass is 10.1. The molecule has 7 nitrogen and oxygen atoms in total. The van der Waals surface area contributed by atoms with Crippen molar-refractivity contribution >= 4 is 21.6 Å². The number of carbonyl (C=O) groups is 1. The molecule has 0 radical (unpaired) electrons. The molecule has 200 valence electrons. The molecule has 0 saturated heterocycles. The van der Waals surface area contributed by atoms with Gasteiger partial charge >= 0.3 is 0 Å². The molecule has 4 aromatic rings. The van der Waals surface area contributed by atoms with Gasteiger partial charge in [0.15, 0.2) is 0 Å². The van der Waals surface area contributed by atoms with Crippen molar-refractivity contribution in [3.05, 3.63) is 114 Å². The highest BCUT2D eigenvalue weighted by Gasteiger charge is 2.46. The number of nitrogens with one attached hydrogen (secondary N) is 1. The minimum atomic E-state index is -3.85. The fourth-order valence-electron chi connectivity index (χ4n) is 5.47. The Hall–Kier alpha value is -3.82. The Labute approximate surface area is 227 Å². The van der Waals surface area contributed by atoms with Gasteiger partial charge in [-0.3, -0.25) is 4.79 Å². The largest absolute Gasteiger partial charge is 0.337 e. The summed E-state index contributed by atoms with van der Waals surface area (Å²) >= 11 is 0. The van der Waals surface area contributed by atoms with E-state index in [9.17, 15) is 17.6 Å². The number of aromatic nitrogens is 2. The molecule has 1 N–H and O–H groups in total. The predicted octanol–water partition coefficient (Wildman–Crippen LogP) is 4.86. The standard InChI is InChI=1S/C30H29FN4O3S/c1-34-16-15-32-29(34)19-35(30(36)27-18-25(27)20-5-3-2-4-6-20)23-11-7-21-8-14-28(26(21)17-23)33-39(37,38)24-12-9-22(31)10-13-24/h2-7,9-13,15-17,25,27-28,33H,8,14,18-19H2,1H3/t25-,27-,28-/m1/s1. The van der Waals surface area contributed by atoms with E-state index in [0.29, 0.717) is 18.7 Å². The van der Waals surface area contributed by atoms with Gasteiger partial charge in [0, 0.05) is 37.1 Å². The van der Waals surface area contributed by atoms with Crippen molar-refractivity contribution in [2.75, 3.05) is 4.90 Å². The van der Waals surface area contributed by atoms with E-state index in [1.165, 1.54) is 12.1 Å². The van der Waals surface area contributed by atoms with Crippen molar-refractivity contribution in [2.24, 2.45) is 13.0 Å². The van der Waals surface area contributed by atoms with Crippen LogP contribution in [0.3, 0.4) is 0 Å². The van der Waals surface area contributed by atoms with Crippen molar-refractivity contribution in [3.63, 3.8) is 0 Å². The van der Waals surface area contributed by atoms with E-state index in [4.69, 9.17) is 0 Å². The van der Waals surface area contributed by atoms with Gasteiger partial charge in [-0.15, -0.1) is 0 Å². The number of benzene rings is 3. The number of aryl methyl sites for hydroxylation is 2. The molecule has 3 atom stereocenters. The zero-order chi connectivity index (χ0) is 27.1. The molecule has 2 aliphatic rings. The predicted molar refractivity (Wildman–Crippen MR) is 146 cm³/mol. The number of fused-ring (bicyclic) bond motifs is 1. The van der Waals surface area contributed by atoms with Crippen LogP contribution in [0, 0.1) is 11.7 Å². The molecule has 0 spiro atoms. The maximum Gasteiger partial charge on any atom is 0.241 e.